The molecule has 0 saturated heterocycles. The summed E-state index contributed by atoms with van der Waals surface area (Å²) >= 11 is 0. The first-order valence-corrected chi connectivity index (χ1v) is 8.72. The van der Waals surface area contributed by atoms with Crippen molar-refractivity contribution in [2.75, 3.05) is 20.7 Å². The lowest BCUT2D eigenvalue weighted by Crippen LogP contribution is -2.33. The van der Waals surface area contributed by atoms with Gasteiger partial charge in [-0.25, -0.2) is 17.6 Å². The first-order chi connectivity index (χ1) is 12.2. The number of carbonyl (C=O) groups is 2. The third kappa shape index (κ3) is 4.67. The molecule has 0 radical (unpaired) electrons. The number of sulfonamides is 1. The quantitative estimate of drug-likeness (QED) is 0.667. The van der Waals surface area contributed by atoms with Crippen LogP contribution in [0.3, 0.4) is 0 Å². The van der Waals surface area contributed by atoms with Crippen molar-refractivity contribution in [3.05, 3.63) is 53.7 Å². The van der Waals surface area contributed by atoms with Gasteiger partial charge in [0.1, 0.15) is 24.7 Å². The summed E-state index contributed by atoms with van der Waals surface area (Å²) in [6.07, 6.45) is 0. The average molecular weight is 385 g/mol. The van der Waals surface area contributed by atoms with Crippen molar-refractivity contribution in [3.63, 3.8) is 0 Å². The molecule has 26 heavy (non-hydrogen) atoms. The SMILES string of the molecule is COC(=O)c1ccc(COC(=O)CN(C)S(=O)(=O)c2ccc(F)cc2)o1. The van der Waals surface area contributed by atoms with Crippen molar-refractivity contribution in [1.29, 1.82) is 0 Å². The Morgan fingerprint density at radius 1 is 1.15 bits per heavy atom. The van der Waals surface area contributed by atoms with E-state index in [2.05, 4.69) is 4.74 Å². The van der Waals surface area contributed by atoms with Gasteiger partial charge in [-0.1, -0.05) is 0 Å². The molecule has 0 aliphatic heterocycles. The largest absolute Gasteiger partial charge is 0.463 e. The van der Waals surface area contributed by atoms with Gasteiger partial charge in [0.25, 0.3) is 0 Å². The van der Waals surface area contributed by atoms with E-state index in [0.717, 1.165) is 28.6 Å². The fourth-order valence-corrected chi connectivity index (χ4v) is 3.03. The smallest absolute Gasteiger partial charge is 0.373 e. The van der Waals surface area contributed by atoms with Gasteiger partial charge in [0.15, 0.2) is 0 Å². The highest BCUT2D eigenvalue weighted by molar-refractivity contribution is 7.89. The molecule has 0 fully saturated rings. The molecular formula is C16H16FNO7S. The second-order valence-electron chi connectivity index (χ2n) is 5.13. The maximum absolute atomic E-state index is 12.9. The summed E-state index contributed by atoms with van der Waals surface area (Å²) < 4.78 is 52.8. The van der Waals surface area contributed by atoms with E-state index in [1.54, 1.807) is 0 Å². The molecule has 2 rings (SSSR count). The maximum Gasteiger partial charge on any atom is 0.373 e. The van der Waals surface area contributed by atoms with E-state index in [0.29, 0.717) is 0 Å². The molecule has 0 saturated carbocycles. The number of rotatable bonds is 7. The summed E-state index contributed by atoms with van der Waals surface area (Å²) in [5, 5.41) is 0. The number of benzene rings is 1. The molecule has 10 heteroatoms. The Morgan fingerprint density at radius 3 is 2.42 bits per heavy atom. The van der Waals surface area contributed by atoms with E-state index in [4.69, 9.17) is 9.15 Å². The van der Waals surface area contributed by atoms with Crippen molar-refractivity contribution >= 4 is 22.0 Å². The van der Waals surface area contributed by atoms with Crippen LogP contribution in [0.2, 0.25) is 0 Å². The second kappa shape index (κ2) is 8.11. The summed E-state index contributed by atoms with van der Waals surface area (Å²) in [4.78, 5) is 22.9. The van der Waals surface area contributed by atoms with Gasteiger partial charge in [0.05, 0.1) is 12.0 Å². The Hall–Kier alpha value is -2.72. The van der Waals surface area contributed by atoms with Gasteiger partial charge in [-0.2, -0.15) is 4.31 Å². The van der Waals surface area contributed by atoms with Crippen LogP contribution in [0.4, 0.5) is 4.39 Å². The molecule has 0 unspecified atom stereocenters. The summed E-state index contributed by atoms with van der Waals surface area (Å²) in [6.45, 7) is -0.829. The van der Waals surface area contributed by atoms with Gasteiger partial charge < -0.3 is 13.9 Å². The highest BCUT2D eigenvalue weighted by Gasteiger charge is 2.24. The lowest BCUT2D eigenvalue weighted by molar-refractivity contribution is -0.145. The number of hydrogen-bond donors (Lipinski definition) is 0. The van der Waals surface area contributed by atoms with Crippen molar-refractivity contribution in [2.45, 2.75) is 11.5 Å². The Morgan fingerprint density at radius 2 is 1.81 bits per heavy atom. The maximum atomic E-state index is 12.9. The third-order valence-electron chi connectivity index (χ3n) is 3.30. The average Bonchev–Trinajstić information content (AvgIpc) is 3.08. The van der Waals surface area contributed by atoms with Gasteiger partial charge in [-0.15, -0.1) is 0 Å². The number of carbonyl (C=O) groups excluding carboxylic acids is 2. The van der Waals surface area contributed by atoms with Crippen LogP contribution in [0.25, 0.3) is 0 Å². The molecule has 0 spiro atoms. The number of halogens is 1. The summed E-state index contributed by atoms with van der Waals surface area (Å²) in [5.41, 5.74) is 0. The number of nitrogens with zero attached hydrogens (tertiary/aromatic N) is 1. The van der Waals surface area contributed by atoms with Crippen LogP contribution in [0.5, 0.6) is 0 Å². The third-order valence-corrected chi connectivity index (χ3v) is 5.11. The normalized spacial score (nSPS) is 11.4. The Kier molecular flexibility index (Phi) is 6.11. The van der Waals surface area contributed by atoms with E-state index >= 15 is 0 Å². The zero-order chi connectivity index (χ0) is 19.3. The number of likely N-dealkylation sites (N-methyl/N-ethyl adjacent to an activating group) is 1. The number of ether oxygens (including phenoxy) is 2. The molecule has 1 aromatic carbocycles. The Balaban J connectivity index is 1.93. The van der Waals surface area contributed by atoms with Gasteiger partial charge in [-0.3, -0.25) is 4.79 Å². The Labute approximate surface area is 149 Å². The zero-order valence-electron chi connectivity index (χ0n) is 14.0. The van der Waals surface area contributed by atoms with Crippen LogP contribution < -0.4 is 0 Å². The predicted octanol–water partition coefficient (Wildman–Crippen LogP) is 1.57. The fourth-order valence-electron chi connectivity index (χ4n) is 1.92. The van der Waals surface area contributed by atoms with Gasteiger partial charge in [0, 0.05) is 7.05 Å². The minimum Gasteiger partial charge on any atom is -0.463 e. The predicted molar refractivity (Wildman–Crippen MR) is 86.1 cm³/mol. The molecule has 0 aliphatic rings. The van der Waals surface area contributed by atoms with Gasteiger partial charge >= 0.3 is 11.9 Å². The van der Waals surface area contributed by atoms with E-state index in [-0.39, 0.29) is 23.0 Å². The summed E-state index contributed by atoms with van der Waals surface area (Å²) in [7, 11) is -1.57. The van der Waals surface area contributed by atoms with Crippen LogP contribution in [-0.2, 0) is 30.9 Å². The van der Waals surface area contributed by atoms with Crippen molar-refractivity contribution in [2.24, 2.45) is 0 Å². The standard InChI is InChI=1S/C16H16FNO7S/c1-18(26(21,22)13-6-3-11(17)4-7-13)9-15(19)24-10-12-5-8-14(25-12)16(20)23-2/h3-8H,9-10H2,1-2H3. The van der Waals surface area contributed by atoms with E-state index in [1.165, 1.54) is 26.3 Å². The molecule has 0 aliphatic carbocycles. The van der Waals surface area contributed by atoms with Crippen LogP contribution in [0.15, 0.2) is 45.7 Å². The summed E-state index contributed by atoms with van der Waals surface area (Å²) in [6, 6.07) is 7.01. The molecule has 0 atom stereocenters. The molecule has 140 valence electrons. The molecule has 1 aromatic heterocycles. The molecule has 0 N–H and O–H groups in total. The highest BCUT2D eigenvalue weighted by atomic mass is 32.2. The Bertz CT molecular complexity index is 890. The molecule has 0 bridgehead atoms. The molecule has 1 heterocycles. The van der Waals surface area contributed by atoms with Crippen LogP contribution in [0, 0.1) is 5.82 Å². The van der Waals surface area contributed by atoms with Crippen molar-refractivity contribution in [3.8, 4) is 0 Å². The number of hydrogen-bond acceptors (Lipinski definition) is 7. The topological polar surface area (TPSA) is 103 Å². The zero-order valence-corrected chi connectivity index (χ0v) is 14.8. The molecule has 8 nitrogen and oxygen atoms in total. The number of methoxy groups -OCH3 is 1. The first-order valence-electron chi connectivity index (χ1n) is 7.28. The minimum absolute atomic E-state index is 0.0467. The lowest BCUT2D eigenvalue weighted by atomic mass is 10.4. The van der Waals surface area contributed by atoms with E-state index in [9.17, 15) is 22.4 Å². The van der Waals surface area contributed by atoms with Crippen molar-refractivity contribution in [1.82, 2.24) is 4.31 Å². The van der Waals surface area contributed by atoms with Gasteiger partial charge in [0.2, 0.25) is 15.8 Å². The number of esters is 2. The molecule has 0 amide bonds. The van der Waals surface area contributed by atoms with Crippen molar-refractivity contribution < 1.29 is 36.3 Å². The van der Waals surface area contributed by atoms with Crippen LogP contribution in [-0.4, -0.2) is 45.4 Å². The monoisotopic (exact) mass is 385 g/mol. The van der Waals surface area contributed by atoms with Gasteiger partial charge in [-0.05, 0) is 36.4 Å². The minimum atomic E-state index is -3.96. The lowest BCUT2D eigenvalue weighted by Gasteiger charge is -2.16. The van der Waals surface area contributed by atoms with E-state index in [1.807, 2.05) is 0 Å². The second-order valence-corrected chi connectivity index (χ2v) is 7.18. The molecule has 2 aromatic rings. The number of furan rings is 1. The van der Waals surface area contributed by atoms with E-state index < -0.39 is 34.3 Å². The summed E-state index contributed by atoms with van der Waals surface area (Å²) in [5.74, 6) is -1.92. The molecular weight excluding hydrogens is 369 g/mol. The highest BCUT2D eigenvalue weighted by Crippen LogP contribution is 2.15. The first kappa shape index (κ1) is 19.6. The fraction of sp³-hybridized carbons (Fsp3) is 0.250. The van der Waals surface area contributed by atoms with Crippen LogP contribution >= 0.6 is 0 Å². The van der Waals surface area contributed by atoms with Crippen LogP contribution in [0.1, 0.15) is 16.3 Å².